The zero-order valence-electron chi connectivity index (χ0n) is 10.5. The summed E-state index contributed by atoms with van der Waals surface area (Å²) in [5.41, 5.74) is 6.18. The number of carbonyl (C=O) groups excluding carboxylic acids is 1. The van der Waals surface area contributed by atoms with E-state index in [2.05, 4.69) is 4.98 Å². The van der Waals surface area contributed by atoms with Gasteiger partial charge in [-0.3, -0.25) is 4.79 Å². The summed E-state index contributed by atoms with van der Waals surface area (Å²) in [6.07, 6.45) is 0.412. The van der Waals surface area contributed by atoms with Crippen LogP contribution in [0.5, 0.6) is 0 Å². The Hall–Kier alpha value is -1.12. The Labute approximate surface area is 119 Å². The average Bonchev–Trinajstić information content (AvgIpc) is 2.83. The molecule has 0 aliphatic carbocycles. The molecular weight excluding hydrogens is 288 g/mol. The highest BCUT2D eigenvalue weighted by molar-refractivity contribution is 7.98. The molecule has 1 atom stereocenters. The summed E-state index contributed by atoms with van der Waals surface area (Å²) in [5, 5.41) is 10.8. The van der Waals surface area contributed by atoms with E-state index in [0.29, 0.717) is 29.5 Å². The van der Waals surface area contributed by atoms with Crippen LogP contribution in [0.25, 0.3) is 0 Å². The molecule has 6 nitrogen and oxygen atoms in total. The van der Waals surface area contributed by atoms with E-state index in [4.69, 9.17) is 15.6 Å². The average molecular weight is 304 g/mol. The van der Waals surface area contributed by atoms with Crippen molar-refractivity contribution in [3.8, 4) is 0 Å². The van der Waals surface area contributed by atoms with Gasteiger partial charge in [0.1, 0.15) is 6.04 Å². The summed E-state index contributed by atoms with van der Waals surface area (Å²) in [5.74, 6) is -0.127. The number of hydrogen-bond donors (Lipinski definition) is 2. The van der Waals surface area contributed by atoms with Gasteiger partial charge in [0.2, 0.25) is 5.01 Å². The first kappa shape index (κ1) is 15.9. The molecule has 19 heavy (non-hydrogen) atoms. The fourth-order valence-electron chi connectivity index (χ4n) is 1.17. The Morgan fingerprint density at radius 3 is 3.00 bits per heavy atom. The number of nitrogens with two attached hydrogens (primary N) is 1. The van der Waals surface area contributed by atoms with E-state index in [1.807, 2.05) is 0 Å². The van der Waals surface area contributed by atoms with Crippen molar-refractivity contribution >= 4 is 35.0 Å². The third kappa shape index (κ3) is 5.58. The number of thiazole rings is 1. The highest BCUT2D eigenvalue weighted by atomic mass is 32.2. The molecule has 1 heterocycles. The molecule has 1 aromatic heterocycles. The summed E-state index contributed by atoms with van der Waals surface area (Å²) in [6.45, 7) is 2.07. The molecule has 0 aliphatic heterocycles. The van der Waals surface area contributed by atoms with Gasteiger partial charge in [-0.1, -0.05) is 0 Å². The third-order valence-electron chi connectivity index (χ3n) is 2.14. The number of esters is 1. The zero-order chi connectivity index (χ0) is 14.3. The van der Waals surface area contributed by atoms with E-state index in [-0.39, 0.29) is 0 Å². The molecule has 0 radical (unpaired) electrons. The van der Waals surface area contributed by atoms with Gasteiger partial charge in [0, 0.05) is 11.1 Å². The molecular formula is C11H16N2O4S2. The Balaban J connectivity index is 2.30. The van der Waals surface area contributed by atoms with Gasteiger partial charge in [-0.15, -0.1) is 11.3 Å². The second-order valence-electron chi connectivity index (χ2n) is 3.65. The van der Waals surface area contributed by atoms with E-state index in [0.717, 1.165) is 5.69 Å². The minimum absolute atomic E-state index is 0.329. The predicted octanol–water partition coefficient (Wildman–Crippen LogP) is 1.36. The Morgan fingerprint density at radius 1 is 1.63 bits per heavy atom. The SMILES string of the molecule is CCOC(=O)c1nc(CSCCC(N)C(=O)O)cs1. The van der Waals surface area contributed by atoms with Gasteiger partial charge in [-0.2, -0.15) is 11.8 Å². The molecule has 0 aliphatic rings. The maximum Gasteiger partial charge on any atom is 0.367 e. The number of hydrogen-bond acceptors (Lipinski definition) is 7. The second-order valence-corrected chi connectivity index (χ2v) is 5.61. The summed E-state index contributed by atoms with van der Waals surface area (Å²) in [6, 6.07) is -0.821. The van der Waals surface area contributed by atoms with Gasteiger partial charge in [0.15, 0.2) is 0 Å². The van der Waals surface area contributed by atoms with E-state index < -0.39 is 18.0 Å². The largest absolute Gasteiger partial charge is 0.480 e. The fraction of sp³-hybridized carbons (Fsp3) is 0.545. The molecule has 1 unspecified atom stereocenters. The van der Waals surface area contributed by atoms with Gasteiger partial charge >= 0.3 is 11.9 Å². The topological polar surface area (TPSA) is 103 Å². The first-order valence-electron chi connectivity index (χ1n) is 5.72. The van der Waals surface area contributed by atoms with Crippen molar-refractivity contribution in [2.75, 3.05) is 12.4 Å². The molecule has 106 valence electrons. The van der Waals surface area contributed by atoms with E-state index in [9.17, 15) is 9.59 Å². The van der Waals surface area contributed by atoms with Crippen LogP contribution in [-0.2, 0) is 15.3 Å². The van der Waals surface area contributed by atoms with Crippen molar-refractivity contribution in [2.24, 2.45) is 5.73 Å². The molecule has 1 aromatic rings. The summed E-state index contributed by atoms with van der Waals surface area (Å²) in [7, 11) is 0. The lowest BCUT2D eigenvalue weighted by molar-refractivity contribution is -0.138. The van der Waals surface area contributed by atoms with E-state index >= 15 is 0 Å². The van der Waals surface area contributed by atoms with Crippen molar-refractivity contribution in [1.29, 1.82) is 0 Å². The van der Waals surface area contributed by atoms with Gasteiger partial charge < -0.3 is 15.6 Å². The lowest BCUT2D eigenvalue weighted by Gasteiger charge is -2.04. The molecule has 8 heteroatoms. The van der Waals surface area contributed by atoms with Gasteiger partial charge in [-0.25, -0.2) is 9.78 Å². The minimum atomic E-state index is -0.987. The number of aromatic nitrogens is 1. The molecule has 0 fully saturated rings. The van der Waals surface area contributed by atoms with Crippen LogP contribution in [0.3, 0.4) is 0 Å². The summed E-state index contributed by atoms with van der Waals surface area (Å²) in [4.78, 5) is 26.1. The van der Waals surface area contributed by atoms with Gasteiger partial charge in [-0.05, 0) is 19.1 Å². The van der Waals surface area contributed by atoms with E-state index in [1.165, 1.54) is 23.1 Å². The number of carbonyl (C=O) groups is 2. The number of aliphatic carboxylic acids is 1. The Bertz CT molecular complexity index is 436. The molecule has 3 N–H and O–H groups in total. The number of thioether (sulfide) groups is 1. The van der Waals surface area contributed by atoms with Crippen LogP contribution < -0.4 is 5.73 Å². The molecule has 1 rings (SSSR count). The van der Waals surface area contributed by atoms with Crippen molar-refractivity contribution in [1.82, 2.24) is 4.98 Å². The predicted molar refractivity (Wildman–Crippen MR) is 74.5 cm³/mol. The minimum Gasteiger partial charge on any atom is -0.480 e. The van der Waals surface area contributed by atoms with Crippen molar-refractivity contribution in [3.05, 3.63) is 16.1 Å². The van der Waals surface area contributed by atoms with Crippen molar-refractivity contribution in [3.63, 3.8) is 0 Å². The zero-order valence-corrected chi connectivity index (χ0v) is 12.1. The van der Waals surface area contributed by atoms with Crippen LogP contribution in [0.1, 0.15) is 28.8 Å². The quantitative estimate of drug-likeness (QED) is 0.552. The van der Waals surface area contributed by atoms with Gasteiger partial charge in [0.05, 0.1) is 12.3 Å². The highest BCUT2D eigenvalue weighted by Crippen LogP contribution is 2.17. The van der Waals surface area contributed by atoms with E-state index in [1.54, 1.807) is 12.3 Å². The lowest BCUT2D eigenvalue weighted by Crippen LogP contribution is -2.30. The Kier molecular flexibility index (Phi) is 6.82. The van der Waals surface area contributed by atoms with Crippen LogP contribution in [0.2, 0.25) is 0 Å². The van der Waals surface area contributed by atoms with Crippen LogP contribution in [0.15, 0.2) is 5.38 Å². The summed E-state index contributed by atoms with van der Waals surface area (Å²) < 4.78 is 4.85. The van der Waals surface area contributed by atoms with Gasteiger partial charge in [0.25, 0.3) is 0 Å². The number of rotatable bonds is 8. The number of carboxylic acids is 1. The molecule has 0 saturated carbocycles. The van der Waals surface area contributed by atoms with Crippen LogP contribution in [-0.4, -0.2) is 40.4 Å². The Morgan fingerprint density at radius 2 is 2.37 bits per heavy atom. The van der Waals surface area contributed by atoms with Crippen LogP contribution in [0.4, 0.5) is 0 Å². The number of nitrogens with zero attached hydrogens (tertiary/aromatic N) is 1. The van der Waals surface area contributed by atoms with Crippen molar-refractivity contribution < 1.29 is 19.4 Å². The molecule has 0 saturated heterocycles. The first-order chi connectivity index (χ1) is 9.04. The highest BCUT2D eigenvalue weighted by Gasteiger charge is 2.13. The smallest absolute Gasteiger partial charge is 0.367 e. The second kappa shape index (κ2) is 8.13. The maximum absolute atomic E-state index is 11.4. The lowest BCUT2D eigenvalue weighted by atomic mass is 10.2. The van der Waals surface area contributed by atoms with Crippen molar-refractivity contribution in [2.45, 2.75) is 25.1 Å². The fourth-order valence-corrected chi connectivity index (χ4v) is 2.91. The maximum atomic E-state index is 11.4. The molecule has 0 amide bonds. The normalized spacial score (nSPS) is 12.1. The molecule has 0 bridgehead atoms. The van der Waals surface area contributed by atoms with Crippen LogP contribution >= 0.6 is 23.1 Å². The number of carboxylic acid groups (broad SMARTS) is 1. The summed E-state index contributed by atoms with van der Waals surface area (Å²) >= 11 is 2.79. The first-order valence-corrected chi connectivity index (χ1v) is 7.75. The third-order valence-corrected chi connectivity index (χ3v) is 4.04. The van der Waals surface area contributed by atoms with Crippen LogP contribution in [0, 0.1) is 0 Å². The standard InChI is InChI=1S/C11H16N2O4S2/c1-2-17-11(16)9-13-7(6-19-9)5-18-4-3-8(12)10(14)15/h6,8H,2-5,12H2,1H3,(H,14,15). The molecule has 0 aromatic carbocycles. The molecule has 0 spiro atoms. The number of ether oxygens (including phenoxy) is 1. The monoisotopic (exact) mass is 304 g/mol.